The molecule has 4 fully saturated rings. The van der Waals surface area contributed by atoms with Crippen molar-refractivity contribution in [2.75, 3.05) is 55.6 Å². The zero-order valence-corrected chi connectivity index (χ0v) is 34.5. The maximum Gasteiger partial charge on any atom is 0.298 e. The highest BCUT2D eigenvalue weighted by Crippen LogP contribution is 2.55. The largest absolute Gasteiger partial charge is 0.489 e. The Morgan fingerprint density at radius 3 is 2.36 bits per heavy atom. The molecule has 12 nitrogen and oxygen atoms in total. The first-order valence-corrected chi connectivity index (χ1v) is 20.8. The van der Waals surface area contributed by atoms with Gasteiger partial charge in [-0.05, 0) is 72.4 Å². The molecule has 0 radical (unpaired) electrons. The molecule has 302 valence electrons. The van der Waals surface area contributed by atoms with Gasteiger partial charge < -0.3 is 19.9 Å². The van der Waals surface area contributed by atoms with Gasteiger partial charge in [-0.3, -0.25) is 24.6 Å². The fraction of sp³-hybridized carbons (Fsp3) is 0.467. The molecular weight excluding hydrogens is 752 g/mol. The number of nitriles is 1. The number of halogens is 1. The first-order chi connectivity index (χ1) is 27.8. The molecule has 8 rings (SSSR count). The van der Waals surface area contributed by atoms with Crippen molar-refractivity contribution in [3.63, 3.8) is 0 Å². The SMILES string of the molecule is CC1(C)[C@H](NC(=O)c2ccc(N3CCC(CN4CCN(c5cccc6c[n+](C7CCC(=O)NC7=O)ncc56)CC4)CC3)cc2)C(C)(C)[C@H]1Oc1ccc(C#N)c(Cl)c1. The Kier molecular flexibility index (Phi) is 10.8. The number of carbonyl (C=O) groups excluding carboxylic acids is 3. The van der Waals surface area contributed by atoms with Gasteiger partial charge in [0.05, 0.1) is 16.0 Å². The van der Waals surface area contributed by atoms with Gasteiger partial charge in [0.1, 0.15) is 24.1 Å². The number of imide groups is 1. The minimum Gasteiger partial charge on any atom is -0.489 e. The number of nitrogens with zero attached hydrogens (tertiary/aromatic N) is 6. The fourth-order valence-electron chi connectivity index (χ4n) is 10.0. The molecule has 3 aliphatic heterocycles. The topological polar surface area (TPSA) is 135 Å². The second kappa shape index (κ2) is 15.8. The van der Waals surface area contributed by atoms with Gasteiger partial charge in [0.25, 0.3) is 17.9 Å². The van der Waals surface area contributed by atoms with Crippen LogP contribution in [0.5, 0.6) is 5.75 Å². The predicted octanol–water partition coefficient (Wildman–Crippen LogP) is 5.68. The Bertz CT molecular complexity index is 2240. The molecule has 1 unspecified atom stereocenters. The van der Waals surface area contributed by atoms with Gasteiger partial charge in [-0.1, -0.05) is 50.0 Å². The number of nitrogens with one attached hydrogen (secondary N) is 2. The summed E-state index contributed by atoms with van der Waals surface area (Å²) < 4.78 is 8.08. The van der Waals surface area contributed by atoms with Crippen LogP contribution in [-0.2, 0) is 9.59 Å². The molecule has 0 spiro atoms. The number of aromatic nitrogens is 2. The maximum absolute atomic E-state index is 13.5. The molecular formula is C45H52ClN8O4+. The Morgan fingerprint density at radius 2 is 1.69 bits per heavy atom. The van der Waals surface area contributed by atoms with E-state index in [1.807, 2.05) is 24.5 Å². The van der Waals surface area contributed by atoms with Crippen LogP contribution in [0.25, 0.3) is 10.8 Å². The van der Waals surface area contributed by atoms with E-state index in [4.69, 9.17) is 16.3 Å². The quantitative estimate of drug-likeness (QED) is 0.162. The van der Waals surface area contributed by atoms with E-state index in [2.05, 4.69) is 94.5 Å². The van der Waals surface area contributed by atoms with Gasteiger partial charge in [-0.2, -0.15) is 5.26 Å². The van der Waals surface area contributed by atoms with Crippen molar-refractivity contribution in [3.05, 3.63) is 89.2 Å². The van der Waals surface area contributed by atoms with Crippen LogP contribution in [-0.4, -0.2) is 85.7 Å². The number of fused-ring (bicyclic) bond motifs is 1. The van der Waals surface area contributed by atoms with Gasteiger partial charge in [-0.25, -0.2) is 0 Å². The zero-order chi connectivity index (χ0) is 40.8. The van der Waals surface area contributed by atoms with Crippen LogP contribution in [0.4, 0.5) is 11.4 Å². The lowest BCUT2D eigenvalue weighted by molar-refractivity contribution is -0.764. The highest BCUT2D eigenvalue weighted by molar-refractivity contribution is 6.31. The van der Waals surface area contributed by atoms with Gasteiger partial charge >= 0.3 is 0 Å². The summed E-state index contributed by atoms with van der Waals surface area (Å²) in [6, 6.07) is 20.9. The molecule has 3 saturated heterocycles. The number of benzene rings is 3. The number of rotatable bonds is 9. The van der Waals surface area contributed by atoms with Crippen molar-refractivity contribution in [2.45, 2.75) is 71.6 Å². The van der Waals surface area contributed by atoms with Crippen LogP contribution in [0, 0.1) is 28.1 Å². The van der Waals surface area contributed by atoms with Crippen LogP contribution in [0.2, 0.25) is 5.02 Å². The normalized spacial score (nSPS) is 23.5. The van der Waals surface area contributed by atoms with Crippen LogP contribution >= 0.6 is 11.6 Å². The summed E-state index contributed by atoms with van der Waals surface area (Å²) in [6.07, 6.45) is 6.66. The number of hydrogen-bond donors (Lipinski definition) is 2. The molecule has 4 heterocycles. The first kappa shape index (κ1) is 39.6. The molecule has 1 saturated carbocycles. The second-order valence-electron chi connectivity index (χ2n) is 17.6. The van der Waals surface area contributed by atoms with Gasteiger partial charge in [0, 0.05) is 104 Å². The van der Waals surface area contributed by atoms with E-state index in [1.54, 1.807) is 22.9 Å². The molecule has 4 aliphatic rings. The number of hydrogen-bond acceptors (Lipinski definition) is 9. The second-order valence-corrected chi connectivity index (χ2v) is 18.0. The summed E-state index contributed by atoms with van der Waals surface area (Å²) in [6.45, 7) is 15.4. The summed E-state index contributed by atoms with van der Waals surface area (Å²) in [5.74, 6) is 0.644. The summed E-state index contributed by atoms with van der Waals surface area (Å²) in [5, 5.41) is 22.0. The summed E-state index contributed by atoms with van der Waals surface area (Å²) in [5.41, 5.74) is 2.69. The first-order valence-electron chi connectivity index (χ1n) is 20.4. The Labute approximate surface area is 345 Å². The molecule has 1 aliphatic carbocycles. The standard InChI is InChI=1S/C45H51ClN8O4/c1-44(2)42(45(3,4)43(44)58-34-13-10-31(25-47)36(46)24-34)50-40(56)30-8-11-33(12-9-30)52-18-16-29(17-19-52)27-51-20-22-53(23-21-51)37-7-5-6-32-28-54(48-26-35(32)37)38-14-15-39(55)49-41(38)57/h5-13,24,26,28-29,38,42-43H,14-23,27H2,1-4H3,(H-,49,50,55,56,57)/p+1/t38?,42-,43-. The minimum atomic E-state index is -0.473. The van der Waals surface area contributed by atoms with E-state index in [0.717, 1.165) is 80.8 Å². The van der Waals surface area contributed by atoms with E-state index in [9.17, 15) is 19.6 Å². The minimum absolute atomic E-state index is 0.0913. The average Bonchev–Trinajstić information content (AvgIpc) is 3.22. The third-order valence-electron chi connectivity index (χ3n) is 13.0. The van der Waals surface area contributed by atoms with Gasteiger partial charge in [0.15, 0.2) is 0 Å². The zero-order valence-electron chi connectivity index (χ0n) is 33.7. The third kappa shape index (κ3) is 7.70. The Balaban J connectivity index is 0.798. The number of piperazine rings is 1. The molecule has 2 N–H and O–H groups in total. The molecule has 3 aromatic carbocycles. The molecule has 0 bridgehead atoms. The smallest absolute Gasteiger partial charge is 0.298 e. The number of amides is 3. The van der Waals surface area contributed by atoms with Crippen LogP contribution in [0.3, 0.4) is 0 Å². The van der Waals surface area contributed by atoms with Crippen molar-refractivity contribution in [1.82, 2.24) is 20.6 Å². The molecule has 4 aromatic rings. The van der Waals surface area contributed by atoms with Crippen molar-refractivity contribution in [2.24, 2.45) is 16.7 Å². The highest BCUT2D eigenvalue weighted by atomic mass is 35.5. The summed E-state index contributed by atoms with van der Waals surface area (Å²) in [7, 11) is 0. The van der Waals surface area contributed by atoms with E-state index < -0.39 is 6.04 Å². The Morgan fingerprint density at radius 1 is 0.966 bits per heavy atom. The van der Waals surface area contributed by atoms with Crippen molar-refractivity contribution < 1.29 is 23.8 Å². The molecule has 58 heavy (non-hydrogen) atoms. The van der Waals surface area contributed by atoms with Crippen molar-refractivity contribution >= 4 is 51.5 Å². The van der Waals surface area contributed by atoms with Crippen molar-refractivity contribution in [1.29, 1.82) is 5.26 Å². The molecule has 1 atom stereocenters. The van der Waals surface area contributed by atoms with Gasteiger partial charge in [0.2, 0.25) is 12.1 Å². The van der Waals surface area contributed by atoms with E-state index >= 15 is 0 Å². The fourth-order valence-corrected chi connectivity index (χ4v) is 10.3. The van der Waals surface area contributed by atoms with E-state index in [-0.39, 0.29) is 40.7 Å². The van der Waals surface area contributed by atoms with Gasteiger partial charge in [-0.15, -0.1) is 0 Å². The predicted molar refractivity (Wildman–Crippen MR) is 223 cm³/mol. The summed E-state index contributed by atoms with van der Waals surface area (Å²) in [4.78, 5) is 45.1. The van der Waals surface area contributed by atoms with Crippen LogP contribution in [0.15, 0.2) is 73.1 Å². The van der Waals surface area contributed by atoms with Crippen LogP contribution < -0.4 is 29.9 Å². The average molecular weight is 804 g/mol. The lowest BCUT2D eigenvalue weighted by Crippen LogP contribution is -2.74. The lowest BCUT2D eigenvalue weighted by Gasteiger charge is -2.63. The number of ether oxygens (including phenoxy) is 1. The maximum atomic E-state index is 13.5. The Hall–Kier alpha value is -5.25. The van der Waals surface area contributed by atoms with E-state index in [1.165, 1.54) is 0 Å². The van der Waals surface area contributed by atoms with Crippen LogP contribution in [0.1, 0.15) is 75.3 Å². The highest BCUT2D eigenvalue weighted by Gasteiger charge is 2.64. The number of anilines is 2. The lowest BCUT2D eigenvalue weighted by atomic mass is 9.49. The molecule has 3 amide bonds. The summed E-state index contributed by atoms with van der Waals surface area (Å²) >= 11 is 6.26. The number of carbonyl (C=O) groups is 3. The van der Waals surface area contributed by atoms with Crippen molar-refractivity contribution in [3.8, 4) is 11.8 Å². The monoisotopic (exact) mass is 803 g/mol. The molecule has 1 aromatic heterocycles. The number of piperidine rings is 2. The molecule has 13 heteroatoms. The van der Waals surface area contributed by atoms with E-state index in [0.29, 0.717) is 40.7 Å². The third-order valence-corrected chi connectivity index (χ3v) is 13.3.